The van der Waals surface area contributed by atoms with Crippen LogP contribution >= 0.6 is 0 Å². The molecule has 0 aromatic heterocycles. The average molecular weight is 359 g/mol. The second-order valence-electron chi connectivity index (χ2n) is 5.81. The van der Waals surface area contributed by atoms with E-state index in [-0.39, 0.29) is 19.3 Å². The standard InChI is InChI=1S/C19H21NO6/c1-25-17(14-9-4-7-12-6-2-3-8-13(12)14)19(24)26-16(21)11-5-10-15(20)18(22)23/h2-4,6-9,15,17H,5,10-11,20H2,1H3,(H,22,23). The molecule has 2 aromatic rings. The predicted molar refractivity (Wildman–Crippen MR) is 94.3 cm³/mol. The maximum absolute atomic E-state index is 12.3. The Kier molecular flexibility index (Phi) is 6.82. The van der Waals surface area contributed by atoms with Gasteiger partial charge in [-0.15, -0.1) is 0 Å². The van der Waals surface area contributed by atoms with Crippen LogP contribution in [0.5, 0.6) is 0 Å². The lowest BCUT2D eigenvalue weighted by atomic mass is 10.0. The number of esters is 2. The first-order chi connectivity index (χ1) is 12.4. The van der Waals surface area contributed by atoms with Crippen LogP contribution < -0.4 is 5.73 Å². The van der Waals surface area contributed by atoms with Crippen molar-refractivity contribution in [3.8, 4) is 0 Å². The van der Waals surface area contributed by atoms with E-state index >= 15 is 0 Å². The summed E-state index contributed by atoms with van der Waals surface area (Å²) in [6.45, 7) is 0. The van der Waals surface area contributed by atoms with E-state index in [1.807, 2.05) is 30.3 Å². The summed E-state index contributed by atoms with van der Waals surface area (Å²) in [6.07, 6.45) is -0.800. The van der Waals surface area contributed by atoms with Crippen LogP contribution in [0.4, 0.5) is 0 Å². The lowest BCUT2D eigenvalue weighted by Gasteiger charge is -2.16. The fourth-order valence-electron chi connectivity index (χ4n) is 2.64. The third-order valence-electron chi connectivity index (χ3n) is 3.98. The fraction of sp³-hybridized carbons (Fsp3) is 0.316. The zero-order valence-electron chi connectivity index (χ0n) is 14.4. The molecule has 0 bridgehead atoms. The first kappa shape index (κ1) is 19.6. The van der Waals surface area contributed by atoms with Gasteiger partial charge in [0.1, 0.15) is 6.04 Å². The van der Waals surface area contributed by atoms with E-state index in [0.717, 1.165) is 10.8 Å². The number of benzene rings is 2. The monoisotopic (exact) mass is 359 g/mol. The predicted octanol–water partition coefficient (Wildman–Crippen LogP) is 2.18. The molecule has 0 amide bonds. The maximum Gasteiger partial charge on any atom is 0.347 e. The minimum Gasteiger partial charge on any atom is -0.480 e. The van der Waals surface area contributed by atoms with Gasteiger partial charge in [-0.05, 0) is 29.2 Å². The summed E-state index contributed by atoms with van der Waals surface area (Å²) < 4.78 is 10.1. The van der Waals surface area contributed by atoms with Crippen molar-refractivity contribution in [2.45, 2.75) is 31.4 Å². The number of methoxy groups -OCH3 is 1. The minimum absolute atomic E-state index is 0.0985. The molecule has 0 spiro atoms. The summed E-state index contributed by atoms with van der Waals surface area (Å²) >= 11 is 0. The van der Waals surface area contributed by atoms with E-state index in [4.69, 9.17) is 20.3 Å². The van der Waals surface area contributed by atoms with Gasteiger partial charge in [0.15, 0.2) is 6.10 Å². The zero-order valence-corrected chi connectivity index (χ0v) is 14.4. The Labute approximate surface area is 150 Å². The SMILES string of the molecule is COC(C(=O)OC(=O)CCCC(N)C(=O)O)c1cccc2ccccc12. The number of aliphatic carboxylic acids is 1. The largest absolute Gasteiger partial charge is 0.480 e. The molecule has 2 aromatic carbocycles. The molecule has 2 atom stereocenters. The Morgan fingerprint density at radius 3 is 2.50 bits per heavy atom. The number of ether oxygens (including phenoxy) is 2. The van der Waals surface area contributed by atoms with Gasteiger partial charge in [-0.25, -0.2) is 4.79 Å². The van der Waals surface area contributed by atoms with Gasteiger partial charge in [0, 0.05) is 13.5 Å². The van der Waals surface area contributed by atoms with Crippen molar-refractivity contribution in [2.75, 3.05) is 7.11 Å². The third-order valence-corrected chi connectivity index (χ3v) is 3.98. The molecule has 138 valence electrons. The van der Waals surface area contributed by atoms with Crippen LogP contribution in [-0.2, 0) is 23.9 Å². The molecule has 7 nitrogen and oxygen atoms in total. The maximum atomic E-state index is 12.3. The molecule has 7 heteroatoms. The fourth-order valence-corrected chi connectivity index (χ4v) is 2.64. The van der Waals surface area contributed by atoms with Crippen molar-refractivity contribution in [1.82, 2.24) is 0 Å². The molecule has 0 aliphatic heterocycles. The molecule has 0 saturated carbocycles. The van der Waals surface area contributed by atoms with Gasteiger partial charge >= 0.3 is 17.9 Å². The molecule has 2 rings (SSSR count). The first-order valence-corrected chi connectivity index (χ1v) is 8.17. The van der Waals surface area contributed by atoms with Gasteiger partial charge < -0.3 is 20.3 Å². The molecule has 0 fully saturated rings. The Balaban J connectivity index is 2.02. The van der Waals surface area contributed by atoms with Crippen LogP contribution in [0.25, 0.3) is 10.8 Å². The van der Waals surface area contributed by atoms with Crippen molar-refractivity contribution < 1.29 is 29.0 Å². The summed E-state index contributed by atoms with van der Waals surface area (Å²) in [7, 11) is 1.37. The Hall–Kier alpha value is -2.77. The third kappa shape index (κ3) is 4.87. The molecular weight excluding hydrogens is 338 g/mol. The highest BCUT2D eigenvalue weighted by atomic mass is 16.6. The Morgan fingerprint density at radius 1 is 1.12 bits per heavy atom. The van der Waals surface area contributed by atoms with E-state index in [2.05, 4.69) is 0 Å². The highest BCUT2D eigenvalue weighted by molar-refractivity contribution is 5.93. The number of nitrogens with two attached hydrogens (primary N) is 1. The lowest BCUT2D eigenvalue weighted by Crippen LogP contribution is -2.30. The first-order valence-electron chi connectivity index (χ1n) is 8.17. The molecule has 3 N–H and O–H groups in total. The number of hydrogen-bond donors (Lipinski definition) is 2. The van der Waals surface area contributed by atoms with Crippen LogP contribution in [0.15, 0.2) is 42.5 Å². The van der Waals surface area contributed by atoms with Gasteiger partial charge in [0.2, 0.25) is 0 Å². The van der Waals surface area contributed by atoms with Crippen LogP contribution in [0, 0.1) is 0 Å². The smallest absolute Gasteiger partial charge is 0.347 e. The summed E-state index contributed by atoms with van der Waals surface area (Å²) in [4.78, 5) is 34.8. The van der Waals surface area contributed by atoms with Gasteiger partial charge in [-0.3, -0.25) is 9.59 Å². The molecule has 0 saturated heterocycles. The topological polar surface area (TPSA) is 116 Å². The number of carbonyl (C=O) groups is 3. The summed E-state index contributed by atoms with van der Waals surface area (Å²) in [5, 5.41) is 10.5. The lowest BCUT2D eigenvalue weighted by molar-refractivity contribution is -0.167. The molecule has 0 radical (unpaired) electrons. The summed E-state index contributed by atoms with van der Waals surface area (Å²) in [6, 6.07) is 11.9. The number of hydrogen-bond acceptors (Lipinski definition) is 6. The van der Waals surface area contributed by atoms with Crippen molar-refractivity contribution in [1.29, 1.82) is 0 Å². The molecular formula is C19H21NO6. The van der Waals surface area contributed by atoms with Gasteiger partial charge in [-0.1, -0.05) is 42.5 Å². The Morgan fingerprint density at radius 2 is 1.81 bits per heavy atom. The van der Waals surface area contributed by atoms with Crippen molar-refractivity contribution in [2.24, 2.45) is 5.73 Å². The molecule has 0 aliphatic carbocycles. The molecule has 2 unspecified atom stereocenters. The van der Waals surface area contributed by atoms with Crippen molar-refractivity contribution in [3.05, 3.63) is 48.0 Å². The van der Waals surface area contributed by atoms with Crippen molar-refractivity contribution >= 4 is 28.7 Å². The van der Waals surface area contributed by atoms with E-state index in [0.29, 0.717) is 5.56 Å². The highest BCUT2D eigenvalue weighted by Gasteiger charge is 2.26. The Bertz CT molecular complexity index is 798. The van der Waals surface area contributed by atoms with E-state index < -0.39 is 30.1 Å². The molecule has 26 heavy (non-hydrogen) atoms. The van der Waals surface area contributed by atoms with E-state index in [1.54, 1.807) is 12.1 Å². The van der Waals surface area contributed by atoms with Gasteiger partial charge in [0.25, 0.3) is 0 Å². The molecule has 0 aliphatic rings. The number of carboxylic acids is 1. The van der Waals surface area contributed by atoms with Crippen LogP contribution in [-0.4, -0.2) is 36.2 Å². The van der Waals surface area contributed by atoms with Crippen LogP contribution in [0.3, 0.4) is 0 Å². The number of carbonyl (C=O) groups excluding carboxylic acids is 2. The normalized spacial score (nSPS) is 13.2. The second kappa shape index (κ2) is 9.07. The summed E-state index contributed by atoms with van der Waals surface area (Å²) in [5.74, 6) is -2.68. The van der Waals surface area contributed by atoms with E-state index in [1.165, 1.54) is 7.11 Å². The van der Waals surface area contributed by atoms with Crippen LogP contribution in [0.2, 0.25) is 0 Å². The van der Waals surface area contributed by atoms with Gasteiger partial charge in [0.05, 0.1) is 0 Å². The second-order valence-corrected chi connectivity index (χ2v) is 5.81. The number of fused-ring (bicyclic) bond motifs is 1. The molecule has 0 heterocycles. The van der Waals surface area contributed by atoms with Crippen LogP contribution in [0.1, 0.15) is 30.9 Å². The van der Waals surface area contributed by atoms with Crippen molar-refractivity contribution in [3.63, 3.8) is 0 Å². The highest BCUT2D eigenvalue weighted by Crippen LogP contribution is 2.27. The number of rotatable bonds is 8. The quantitative estimate of drug-likeness (QED) is 0.548. The zero-order chi connectivity index (χ0) is 19.1. The van der Waals surface area contributed by atoms with E-state index in [9.17, 15) is 14.4 Å². The number of carboxylic acid groups (broad SMARTS) is 1. The minimum atomic E-state index is -1.13. The average Bonchev–Trinajstić information content (AvgIpc) is 2.62. The summed E-state index contributed by atoms with van der Waals surface area (Å²) in [5.41, 5.74) is 5.97. The van der Waals surface area contributed by atoms with Gasteiger partial charge in [-0.2, -0.15) is 0 Å².